The van der Waals surface area contributed by atoms with Crippen molar-refractivity contribution in [3.05, 3.63) is 59.9 Å². The van der Waals surface area contributed by atoms with Gasteiger partial charge in [-0.15, -0.1) is 0 Å². The zero-order chi connectivity index (χ0) is 20.1. The highest BCUT2D eigenvalue weighted by molar-refractivity contribution is 6.10. The van der Waals surface area contributed by atoms with Crippen LogP contribution in [0.15, 0.2) is 48.5 Å². The van der Waals surface area contributed by atoms with Crippen LogP contribution in [0.1, 0.15) is 36.0 Å². The summed E-state index contributed by atoms with van der Waals surface area (Å²) in [7, 11) is 0. The first-order valence-corrected chi connectivity index (χ1v) is 9.15. The lowest BCUT2D eigenvalue weighted by Gasteiger charge is -2.27. The predicted octanol–water partition coefficient (Wildman–Crippen LogP) is 3.91. The van der Waals surface area contributed by atoms with Gasteiger partial charge in [-0.2, -0.15) is 0 Å². The Kier molecular flexibility index (Phi) is 6.03. The number of benzene rings is 2. The lowest BCUT2D eigenvalue weighted by molar-refractivity contribution is -0.147. The fourth-order valence-corrected chi connectivity index (χ4v) is 3.49. The number of carboxylic acids is 1. The second-order valence-corrected chi connectivity index (χ2v) is 6.83. The second kappa shape index (κ2) is 8.65. The first-order chi connectivity index (χ1) is 13.5. The number of anilines is 2. The average Bonchev–Trinajstić information content (AvgIpc) is 2.70. The summed E-state index contributed by atoms with van der Waals surface area (Å²) in [5.41, 5.74) is 0.968. The molecule has 0 unspecified atom stereocenters. The number of hydrogen-bond donors (Lipinski definition) is 3. The molecule has 0 aliphatic heterocycles. The van der Waals surface area contributed by atoms with Gasteiger partial charge in [0.05, 0.1) is 23.1 Å². The van der Waals surface area contributed by atoms with E-state index >= 15 is 0 Å². The molecule has 3 N–H and O–H groups in total. The van der Waals surface area contributed by atoms with Crippen LogP contribution in [0.25, 0.3) is 0 Å². The van der Waals surface area contributed by atoms with Crippen molar-refractivity contribution in [3.63, 3.8) is 0 Å². The van der Waals surface area contributed by atoms with Crippen molar-refractivity contribution in [1.82, 2.24) is 0 Å². The normalized spacial score (nSPS) is 18.9. The van der Waals surface area contributed by atoms with E-state index in [1.165, 1.54) is 24.3 Å². The van der Waals surface area contributed by atoms with Gasteiger partial charge >= 0.3 is 5.97 Å². The lowest BCUT2D eigenvalue weighted by Crippen LogP contribution is -2.36. The van der Waals surface area contributed by atoms with E-state index in [4.69, 9.17) is 0 Å². The van der Waals surface area contributed by atoms with E-state index in [0.717, 1.165) is 12.8 Å². The molecule has 146 valence electrons. The summed E-state index contributed by atoms with van der Waals surface area (Å²) in [6, 6.07) is 11.8. The number of nitrogens with one attached hydrogen (secondary N) is 2. The molecule has 2 aromatic rings. The quantitative estimate of drug-likeness (QED) is 0.728. The van der Waals surface area contributed by atoms with Crippen molar-refractivity contribution in [2.24, 2.45) is 11.8 Å². The highest BCUT2D eigenvalue weighted by Crippen LogP contribution is 2.31. The number of carbonyl (C=O) groups excluding carboxylic acids is 2. The molecule has 0 heterocycles. The minimum Gasteiger partial charge on any atom is -0.481 e. The van der Waals surface area contributed by atoms with Crippen LogP contribution in [0.4, 0.5) is 15.8 Å². The standard InChI is InChI=1S/C21H21FN2O4/c22-13-9-11-14(12-10-13)23-20(26)17-7-3-4-8-18(17)24-19(25)15-5-1-2-6-16(15)21(27)28/h3-4,7-12,15-16H,1-2,5-6H2,(H,23,26)(H,24,25)(H,27,28)/t15-,16-/m1/s1. The van der Waals surface area contributed by atoms with Crippen molar-refractivity contribution in [3.8, 4) is 0 Å². The van der Waals surface area contributed by atoms with Crippen LogP contribution in [0, 0.1) is 17.7 Å². The molecule has 6 nitrogen and oxygen atoms in total. The number of rotatable bonds is 5. The fraction of sp³-hybridized carbons (Fsp3) is 0.286. The molecule has 1 aliphatic carbocycles. The Balaban J connectivity index is 1.76. The fourth-order valence-electron chi connectivity index (χ4n) is 3.49. The molecular formula is C21H21FN2O4. The molecule has 2 aromatic carbocycles. The topological polar surface area (TPSA) is 95.5 Å². The number of para-hydroxylation sites is 1. The van der Waals surface area contributed by atoms with Crippen LogP contribution in [-0.4, -0.2) is 22.9 Å². The molecule has 7 heteroatoms. The van der Waals surface area contributed by atoms with Gasteiger partial charge in [-0.1, -0.05) is 25.0 Å². The summed E-state index contributed by atoms with van der Waals surface area (Å²) >= 11 is 0. The monoisotopic (exact) mass is 384 g/mol. The Hall–Kier alpha value is -3.22. The molecule has 2 amide bonds. The minimum absolute atomic E-state index is 0.239. The maximum atomic E-state index is 13.0. The molecule has 0 bridgehead atoms. The van der Waals surface area contributed by atoms with E-state index in [2.05, 4.69) is 10.6 Å². The van der Waals surface area contributed by atoms with E-state index in [1.54, 1.807) is 24.3 Å². The van der Waals surface area contributed by atoms with Gasteiger partial charge in [0.1, 0.15) is 5.82 Å². The molecule has 0 radical (unpaired) electrons. The first-order valence-electron chi connectivity index (χ1n) is 9.15. The van der Waals surface area contributed by atoms with Crippen molar-refractivity contribution in [2.75, 3.05) is 10.6 Å². The molecule has 0 saturated heterocycles. The van der Waals surface area contributed by atoms with Gasteiger partial charge in [-0.25, -0.2) is 4.39 Å². The van der Waals surface area contributed by atoms with Crippen LogP contribution in [-0.2, 0) is 9.59 Å². The lowest BCUT2D eigenvalue weighted by atomic mass is 9.78. The number of aliphatic carboxylic acids is 1. The maximum absolute atomic E-state index is 13.0. The van der Waals surface area contributed by atoms with Gasteiger partial charge in [0, 0.05) is 5.69 Å². The van der Waals surface area contributed by atoms with E-state index in [-0.39, 0.29) is 5.56 Å². The summed E-state index contributed by atoms with van der Waals surface area (Å²) in [5.74, 6) is -3.57. The van der Waals surface area contributed by atoms with Gasteiger partial charge in [-0.3, -0.25) is 14.4 Å². The first kappa shape index (κ1) is 19.5. The van der Waals surface area contributed by atoms with Crippen LogP contribution in [0.5, 0.6) is 0 Å². The molecule has 1 saturated carbocycles. The summed E-state index contributed by atoms with van der Waals surface area (Å²) in [5, 5.41) is 14.8. The van der Waals surface area contributed by atoms with E-state index < -0.39 is 35.4 Å². The zero-order valence-electron chi connectivity index (χ0n) is 15.2. The summed E-state index contributed by atoms with van der Waals surface area (Å²) in [6.45, 7) is 0. The highest BCUT2D eigenvalue weighted by Gasteiger charge is 2.36. The number of carbonyl (C=O) groups is 3. The average molecular weight is 384 g/mol. The van der Waals surface area contributed by atoms with Crippen molar-refractivity contribution in [1.29, 1.82) is 0 Å². The van der Waals surface area contributed by atoms with Gasteiger partial charge in [0.2, 0.25) is 5.91 Å². The predicted molar refractivity (Wildman–Crippen MR) is 103 cm³/mol. The Morgan fingerprint density at radius 3 is 2.21 bits per heavy atom. The SMILES string of the molecule is O=C(Nc1ccc(F)cc1)c1ccccc1NC(=O)[C@@H]1CCCC[C@H]1C(=O)O. The second-order valence-electron chi connectivity index (χ2n) is 6.83. The molecule has 2 atom stereocenters. The van der Waals surface area contributed by atoms with Gasteiger partial charge in [0.15, 0.2) is 0 Å². The molecule has 0 spiro atoms. The third-order valence-electron chi connectivity index (χ3n) is 4.95. The van der Waals surface area contributed by atoms with E-state index in [0.29, 0.717) is 24.2 Å². The van der Waals surface area contributed by atoms with Crippen molar-refractivity contribution >= 4 is 29.2 Å². The minimum atomic E-state index is -0.970. The number of carboxylic acid groups (broad SMARTS) is 1. The Morgan fingerprint density at radius 1 is 0.893 bits per heavy atom. The number of halogens is 1. The van der Waals surface area contributed by atoms with Crippen LogP contribution < -0.4 is 10.6 Å². The largest absolute Gasteiger partial charge is 0.481 e. The van der Waals surface area contributed by atoms with E-state index in [9.17, 15) is 23.9 Å². The van der Waals surface area contributed by atoms with Crippen LogP contribution >= 0.6 is 0 Å². The smallest absolute Gasteiger partial charge is 0.307 e. The Labute approximate surface area is 161 Å². The summed E-state index contributed by atoms with van der Waals surface area (Å²) in [6.07, 6.45) is 2.57. The summed E-state index contributed by atoms with van der Waals surface area (Å²) in [4.78, 5) is 36.8. The number of hydrogen-bond acceptors (Lipinski definition) is 3. The molecule has 1 aliphatic rings. The van der Waals surface area contributed by atoms with Gasteiger partial charge in [-0.05, 0) is 49.2 Å². The number of amides is 2. The maximum Gasteiger partial charge on any atom is 0.307 e. The Morgan fingerprint density at radius 2 is 1.54 bits per heavy atom. The molecule has 3 rings (SSSR count). The van der Waals surface area contributed by atoms with Gasteiger partial charge in [0.25, 0.3) is 5.91 Å². The molecular weight excluding hydrogens is 363 g/mol. The zero-order valence-corrected chi connectivity index (χ0v) is 15.2. The summed E-state index contributed by atoms with van der Waals surface area (Å²) < 4.78 is 13.0. The van der Waals surface area contributed by atoms with Gasteiger partial charge < -0.3 is 15.7 Å². The molecule has 0 aromatic heterocycles. The third kappa shape index (κ3) is 4.54. The van der Waals surface area contributed by atoms with E-state index in [1.807, 2.05) is 0 Å². The van der Waals surface area contributed by atoms with Crippen LogP contribution in [0.3, 0.4) is 0 Å². The molecule has 1 fully saturated rings. The molecule has 28 heavy (non-hydrogen) atoms. The third-order valence-corrected chi connectivity index (χ3v) is 4.95. The van der Waals surface area contributed by atoms with Crippen LogP contribution in [0.2, 0.25) is 0 Å². The van der Waals surface area contributed by atoms with Crippen molar-refractivity contribution in [2.45, 2.75) is 25.7 Å². The van der Waals surface area contributed by atoms with Crippen molar-refractivity contribution < 1.29 is 23.9 Å². The highest BCUT2D eigenvalue weighted by atomic mass is 19.1. The Bertz CT molecular complexity index is 882.